The van der Waals surface area contributed by atoms with Crippen LogP contribution in [0.15, 0.2) is 21.4 Å². The lowest BCUT2D eigenvalue weighted by Crippen LogP contribution is -2.39. The molecule has 0 aromatic carbocycles. The van der Waals surface area contributed by atoms with E-state index in [1.165, 1.54) is 29.8 Å². The Labute approximate surface area is 132 Å². The van der Waals surface area contributed by atoms with Crippen molar-refractivity contribution in [3.8, 4) is 0 Å². The number of nitrogens with zero attached hydrogens (tertiary/aromatic N) is 3. The summed E-state index contributed by atoms with van der Waals surface area (Å²) in [5, 5.41) is 0. The molecule has 2 atom stereocenters. The molecule has 1 aliphatic heterocycles. The molecule has 0 unspecified atom stereocenters. The maximum Gasteiger partial charge on any atom is 0.330 e. The molecule has 0 saturated carbocycles. The van der Waals surface area contributed by atoms with Crippen LogP contribution in [0.1, 0.15) is 25.3 Å². The van der Waals surface area contributed by atoms with Crippen LogP contribution < -0.4 is 11.2 Å². The molecule has 2 heterocycles. The van der Waals surface area contributed by atoms with E-state index < -0.39 is 11.6 Å². The van der Waals surface area contributed by atoms with E-state index in [0.29, 0.717) is 18.4 Å². The van der Waals surface area contributed by atoms with Gasteiger partial charge in [-0.2, -0.15) is 0 Å². The Hall–Kier alpha value is -2.44. The normalized spacial score (nSPS) is 24.4. The zero-order valence-electron chi connectivity index (χ0n) is 13.6. The van der Waals surface area contributed by atoms with Crippen LogP contribution in [0.25, 0.3) is 5.57 Å². The van der Waals surface area contributed by atoms with Crippen molar-refractivity contribution in [3.63, 3.8) is 0 Å². The SMILES string of the molecule is CC1=C(c2cn(C)c(=O)n(C)c2=O)C[C@H]2C(=O)N(C)C(=O)[C@H]2C1. The predicted octanol–water partition coefficient (Wildman–Crippen LogP) is -0.118. The molecular formula is C16H19N3O4. The van der Waals surface area contributed by atoms with Crippen molar-refractivity contribution in [2.75, 3.05) is 7.05 Å². The lowest BCUT2D eigenvalue weighted by atomic mass is 9.76. The first-order chi connectivity index (χ1) is 10.7. The number of likely N-dealkylation sites (tertiary alicyclic amines) is 1. The van der Waals surface area contributed by atoms with Gasteiger partial charge in [-0.05, 0) is 25.3 Å². The van der Waals surface area contributed by atoms with E-state index in [0.717, 1.165) is 15.7 Å². The Kier molecular flexibility index (Phi) is 3.39. The van der Waals surface area contributed by atoms with Crippen molar-refractivity contribution in [2.45, 2.75) is 19.8 Å². The molecule has 1 aliphatic carbocycles. The smallest absolute Gasteiger partial charge is 0.303 e. The topological polar surface area (TPSA) is 81.4 Å². The van der Waals surface area contributed by atoms with Crippen LogP contribution >= 0.6 is 0 Å². The summed E-state index contributed by atoms with van der Waals surface area (Å²) in [6.07, 6.45) is 2.36. The Morgan fingerprint density at radius 3 is 2.13 bits per heavy atom. The fourth-order valence-electron chi connectivity index (χ4n) is 3.61. The number of hydrogen-bond donors (Lipinski definition) is 0. The van der Waals surface area contributed by atoms with Gasteiger partial charge in [0.2, 0.25) is 11.8 Å². The fourth-order valence-corrected chi connectivity index (χ4v) is 3.61. The number of aromatic nitrogens is 2. The average Bonchev–Trinajstić information content (AvgIpc) is 2.73. The van der Waals surface area contributed by atoms with E-state index in [4.69, 9.17) is 0 Å². The maximum absolute atomic E-state index is 12.4. The van der Waals surface area contributed by atoms with E-state index >= 15 is 0 Å². The molecule has 0 N–H and O–H groups in total. The van der Waals surface area contributed by atoms with E-state index in [-0.39, 0.29) is 23.3 Å². The zero-order chi connectivity index (χ0) is 17.0. The molecule has 1 aromatic heterocycles. The highest BCUT2D eigenvalue weighted by Crippen LogP contribution is 2.42. The van der Waals surface area contributed by atoms with E-state index in [2.05, 4.69) is 0 Å². The Morgan fingerprint density at radius 1 is 0.957 bits per heavy atom. The Balaban J connectivity index is 2.12. The second kappa shape index (κ2) is 5.04. The van der Waals surface area contributed by atoms with Crippen LogP contribution in [0.4, 0.5) is 0 Å². The largest absolute Gasteiger partial charge is 0.330 e. The van der Waals surface area contributed by atoms with E-state index in [9.17, 15) is 19.2 Å². The summed E-state index contributed by atoms with van der Waals surface area (Å²) in [7, 11) is 4.53. The van der Waals surface area contributed by atoms with E-state index in [1.807, 2.05) is 6.92 Å². The standard InChI is InChI=1S/C16H19N3O4/c1-8-5-10-11(14(21)18(3)13(10)20)6-9(8)12-7-17(2)16(23)19(4)15(12)22/h7,10-11H,5-6H2,1-4H3/t10-,11+/m0/s1. The summed E-state index contributed by atoms with van der Waals surface area (Å²) in [4.78, 5) is 49.8. The van der Waals surface area contributed by atoms with Crippen molar-refractivity contribution >= 4 is 17.4 Å². The summed E-state index contributed by atoms with van der Waals surface area (Å²) in [5.74, 6) is -1.07. The molecule has 0 spiro atoms. The first-order valence-corrected chi connectivity index (χ1v) is 7.51. The molecule has 2 amide bonds. The van der Waals surface area contributed by atoms with Gasteiger partial charge in [0.15, 0.2) is 0 Å². The number of carbonyl (C=O) groups excluding carboxylic acids is 2. The van der Waals surface area contributed by atoms with Gasteiger partial charge in [-0.1, -0.05) is 5.57 Å². The summed E-state index contributed by atoms with van der Waals surface area (Å²) < 4.78 is 2.42. The van der Waals surface area contributed by atoms with Gasteiger partial charge in [-0.15, -0.1) is 0 Å². The van der Waals surface area contributed by atoms with Crippen LogP contribution in [0, 0.1) is 11.8 Å². The lowest BCUT2D eigenvalue weighted by Gasteiger charge is -2.25. The summed E-state index contributed by atoms with van der Waals surface area (Å²) in [6.45, 7) is 1.88. The van der Waals surface area contributed by atoms with Crippen LogP contribution in [0.2, 0.25) is 0 Å². The van der Waals surface area contributed by atoms with Gasteiger partial charge in [0, 0.05) is 27.3 Å². The second-order valence-electron chi connectivity index (χ2n) is 6.42. The highest BCUT2D eigenvalue weighted by Gasteiger charge is 2.48. The monoisotopic (exact) mass is 317 g/mol. The Morgan fingerprint density at radius 2 is 1.52 bits per heavy atom. The van der Waals surface area contributed by atoms with Crippen LogP contribution in [-0.4, -0.2) is 32.9 Å². The molecule has 122 valence electrons. The van der Waals surface area contributed by atoms with E-state index in [1.54, 1.807) is 7.05 Å². The molecule has 1 saturated heterocycles. The minimum absolute atomic E-state index is 0.147. The van der Waals surface area contributed by atoms with Gasteiger partial charge in [0.05, 0.1) is 17.4 Å². The number of amides is 2. The summed E-state index contributed by atoms with van der Waals surface area (Å²) in [5.41, 5.74) is 1.38. The van der Waals surface area contributed by atoms with Gasteiger partial charge in [-0.25, -0.2) is 4.79 Å². The molecule has 0 bridgehead atoms. The van der Waals surface area contributed by atoms with Crippen molar-refractivity contribution in [2.24, 2.45) is 25.9 Å². The van der Waals surface area contributed by atoms with Crippen LogP contribution in [-0.2, 0) is 23.7 Å². The quantitative estimate of drug-likeness (QED) is 0.676. The lowest BCUT2D eigenvalue weighted by molar-refractivity contribution is -0.138. The van der Waals surface area contributed by atoms with Crippen molar-refractivity contribution < 1.29 is 9.59 Å². The first kappa shape index (κ1) is 15.5. The van der Waals surface area contributed by atoms with Gasteiger partial charge in [0.25, 0.3) is 5.56 Å². The van der Waals surface area contributed by atoms with Crippen molar-refractivity contribution in [3.05, 3.63) is 38.2 Å². The van der Waals surface area contributed by atoms with Crippen molar-refractivity contribution in [1.82, 2.24) is 14.0 Å². The molecule has 7 heteroatoms. The molecular weight excluding hydrogens is 298 g/mol. The molecule has 3 rings (SSSR count). The van der Waals surface area contributed by atoms with Crippen LogP contribution in [0.5, 0.6) is 0 Å². The number of allylic oxidation sites excluding steroid dienone is 2. The summed E-state index contributed by atoms with van der Waals surface area (Å²) >= 11 is 0. The van der Waals surface area contributed by atoms with Crippen molar-refractivity contribution in [1.29, 1.82) is 0 Å². The van der Waals surface area contributed by atoms with Gasteiger partial charge in [0.1, 0.15) is 0 Å². The predicted molar refractivity (Wildman–Crippen MR) is 83.5 cm³/mol. The molecule has 1 fully saturated rings. The summed E-state index contributed by atoms with van der Waals surface area (Å²) in [6, 6.07) is 0. The molecule has 7 nitrogen and oxygen atoms in total. The number of carbonyl (C=O) groups is 2. The minimum Gasteiger partial charge on any atom is -0.303 e. The maximum atomic E-state index is 12.4. The minimum atomic E-state index is -0.409. The van der Waals surface area contributed by atoms with Gasteiger partial charge >= 0.3 is 5.69 Å². The molecule has 0 radical (unpaired) electrons. The zero-order valence-corrected chi connectivity index (χ0v) is 13.6. The molecule has 23 heavy (non-hydrogen) atoms. The Bertz CT molecular complexity index is 874. The highest BCUT2D eigenvalue weighted by molar-refractivity contribution is 6.06. The third-order valence-corrected chi connectivity index (χ3v) is 5.02. The number of fused-ring (bicyclic) bond motifs is 1. The third-order valence-electron chi connectivity index (χ3n) is 5.02. The number of hydrogen-bond acceptors (Lipinski definition) is 4. The number of rotatable bonds is 1. The van der Waals surface area contributed by atoms with Gasteiger partial charge < -0.3 is 4.57 Å². The molecule has 2 aliphatic rings. The average molecular weight is 317 g/mol. The number of aryl methyl sites for hydroxylation is 1. The van der Waals surface area contributed by atoms with Gasteiger partial charge in [-0.3, -0.25) is 23.9 Å². The highest BCUT2D eigenvalue weighted by atomic mass is 16.2. The third kappa shape index (κ3) is 2.10. The number of imide groups is 1. The fraction of sp³-hybridized carbons (Fsp3) is 0.500. The first-order valence-electron chi connectivity index (χ1n) is 7.51. The van der Waals surface area contributed by atoms with Crippen LogP contribution in [0.3, 0.4) is 0 Å². The molecule has 1 aromatic rings. The second-order valence-corrected chi connectivity index (χ2v) is 6.42.